The highest BCUT2D eigenvalue weighted by molar-refractivity contribution is 4.72. The van der Waals surface area contributed by atoms with E-state index < -0.39 is 0 Å². The smallest absolute Gasteiger partial charge is 0.00188 e. The summed E-state index contributed by atoms with van der Waals surface area (Å²) in [5, 5.41) is 3.49. The van der Waals surface area contributed by atoms with E-state index in [9.17, 15) is 0 Å². The minimum absolute atomic E-state index is 0.471. The Morgan fingerprint density at radius 2 is 2.07 bits per heavy atom. The van der Waals surface area contributed by atoms with Gasteiger partial charge in [0.1, 0.15) is 0 Å². The lowest BCUT2D eigenvalue weighted by Gasteiger charge is -2.29. The molecule has 1 aliphatic rings. The van der Waals surface area contributed by atoms with Gasteiger partial charge in [-0.15, -0.1) is 0 Å². The number of rotatable bonds is 4. The van der Waals surface area contributed by atoms with E-state index in [1.807, 2.05) is 0 Å². The molecule has 90 valence electrons. The van der Waals surface area contributed by atoms with Crippen LogP contribution in [0.25, 0.3) is 0 Å². The molecular formula is C13H28N2. The second-order valence-electron chi connectivity index (χ2n) is 6.29. The maximum Gasteiger partial charge on any atom is 0.00188 e. The molecule has 0 aromatic rings. The summed E-state index contributed by atoms with van der Waals surface area (Å²) in [6, 6.07) is 0. The first-order valence-corrected chi connectivity index (χ1v) is 6.37. The Hall–Kier alpha value is -0.0800. The molecule has 0 aromatic carbocycles. The van der Waals surface area contributed by atoms with E-state index in [4.69, 9.17) is 0 Å². The van der Waals surface area contributed by atoms with Gasteiger partial charge in [-0.05, 0) is 57.3 Å². The zero-order valence-electron chi connectivity index (χ0n) is 11.0. The second-order valence-corrected chi connectivity index (χ2v) is 6.29. The molecule has 1 fully saturated rings. The highest BCUT2D eigenvalue weighted by Gasteiger charge is 2.16. The van der Waals surface area contributed by atoms with Crippen LogP contribution in [0.3, 0.4) is 0 Å². The van der Waals surface area contributed by atoms with Crippen LogP contribution in [0.2, 0.25) is 0 Å². The molecule has 1 atom stereocenters. The summed E-state index contributed by atoms with van der Waals surface area (Å²) < 4.78 is 0. The molecule has 1 N–H and O–H groups in total. The minimum atomic E-state index is 0.471. The average molecular weight is 212 g/mol. The Bertz CT molecular complexity index is 166. The van der Waals surface area contributed by atoms with Gasteiger partial charge in [0, 0.05) is 6.54 Å². The van der Waals surface area contributed by atoms with Gasteiger partial charge in [0.25, 0.3) is 0 Å². The van der Waals surface area contributed by atoms with Gasteiger partial charge in [0.15, 0.2) is 0 Å². The molecule has 0 spiro atoms. The van der Waals surface area contributed by atoms with Crippen LogP contribution in [0.15, 0.2) is 0 Å². The molecule has 1 aliphatic heterocycles. The van der Waals surface area contributed by atoms with Crippen molar-refractivity contribution in [1.29, 1.82) is 0 Å². The maximum absolute atomic E-state index is 3.49. The zero-order valence-corrected chi connectivity index (χ0v) is 11.0. The first-order chi connectivity index (χ1) is 6.97. The summed E-state index contributed by atoms with van der Waals surface area (Å²) in [6.45, 7) is 11.9. The predicted octanol–water partition coefficient (Wildman–Crippen LogP) is 2.35. The molecule has 1 unspecified atom stereocenters. The van der Waals surface area contributed by atoms with Gasteiger partial charge in [-0.3, -0.25) is 0 Å². The molecule has 0 saturated carbocycles. The standard InChI is InChI=1S/C13H28N2/c1-13(2,3)7-9-15(4)11-12-6-5-8-14-10-12/h12,14H,5-11H2,1-4H3. The lowest BCUT2D eigenvalue weighted by atomic mass is 9.92. The number of hydrogen-bond donors (Lipinski definition) is 1. The second kappa shape index (κ2) is 5.86. The first kappa shape index (κ1) is 13.0. The third-order valence-electron chi connectivity index (χ3n) is 3.21. The van der Waals surface area contributed by atoms with Crippen LogP contribution in [0.1, 0.15) is 40.0 Å². The molecule has 0 aromatic heterocycles. The zero-order chi connectivity index (χ0) is 11.3. The molecule has 0 aliphatic carbocycles. The molecule has 2 nitrogen and oxygen atoms in total. The molecule has 0 radical (unpaired) electrons. The van der Waals surface area contributed by atoms with Gasteiger partial charge in [0.05, 0.1) is 0 Å². The van der Waals surface area contributed by atoms with E-state index in [0.717, 1.165) is 5.92 Å². The number of hydrogen-bond acceptors (Lipinski definition) is 2. The van der Waals surface area contributed by atoms with Crippen molar-refractivity contribution in [3.05, 3.63) is 0 Å². The number of nitrogens with one attached hydrogen (secondary N) is 1. The van der Waals surface area contributed by atoms with E-state index in [1.54, 1.807) is 0 Å². The number of piperidine rings is 1. The summed E-state index contributed by atoms with van der Waals surface area (Å²) >= 11 is 0. The van der Waals surface area contributed by atoms with E-state index in [1.165, 1.54) is 45.4 Å². The first-order valence-electron chi connectivity index (χ1n) is 6.37. The fourth-order valence-electron chi connectivity index (χ4n) is 2.14. The van der Waals surface area contributed by atoms with Gasteiger partial charge in [-0.25, -0.2) is 0 Å². The van der Waals surface area contributed by atoms with E-state index in [-0.39, 0.29) is 0 Å². The summed E-state index contributed by atoms with van der Waals surface area (Å²) in [6.07, 6.45) is 4.06. The number of nitrogens with zero attached hydrogens (tertiary/aromatic N) is 1. The molecule has 2 heteroatoms. The molecule has 1 saturated heterocycles. The quantitative estimate of drug-likeness (QED) is 0.769. The van der Waals surface area contributed by atoms with Crippen LogP contribution >= 0.6 is 0 Å². The summed E-state index contributed by atoms with van der Waals surface area (Å²) in [5.41, 5.74) is 0.471. The van der Waals surface area contributed by atoms with Gasteiger partial charge in [-0.1, -0.05) is 20.8 Å². The Morgan fingerprint density at radius 1 is 1.33 bits per heavy atom. The summed E-state index contributed by atoms with van der Waals surface area (Å²) in [4.78, 5) is 2.50. The predicted molar refractivity (Wildman–Crippen MR) is 67.2 cm³/mol. The van der Waals surface area contributed by atoms with Crippen LogP contribution in [-0.2, 0) is 0 Å². The van der Waals surface area contributed by atoms with Gasteiger partial charge < -0.3 is 10.2 Å². The SMILES string of the molecule is CN(CCC(C)(C)C)CC1CCCNC1. The monoisotopic (exact) mass is 212 g/mol. The Balaban J connectivity index is 2.14. The van der Waals surface area contributed by atoms with Crippen LogP contribution in [-0.4, -0.2) is 38.1 Å². The van der Waals surface area contributed by atoms with Crippen molar-refractivity contribution < 1.29 is 0 Å². The Labute approximate surface area is 95.4 Å². The third kappa shape index (κ3) is 6.16. The van der Waals surface area contributed by atoms with Crippen LogP contribution in [0, 0.1) is 11.3 Å². The average Bonchev–Trinajstić information content (AvgIpc) is 2.15. The summed E-state index contributed by atoms with van der Waals surface area (Å²) in [7, 11) is 2.26. The van der Waals surface area contributed by atoms with Crippen molar-refractivity contribution in [2.75, 3.05) is 33.2 Å². The molecule has 0 amide bonds. The highest BCUT2D eigenvalue weighted by Crippen LogP contribution is 2.19. The minimum Gasteiger partial charge on any atom is -0.316 e. The highest BCUT2D eigenvalue weighted by atomic mass is 15.1. The Kier molecular flexibility index (Phi) is 5.07. The fraction of sp³-hybridized carbons (Fsp3) is 1.00. The van der Waals surface area contributed by atoms with Crippen LogP contribution in [0.5, 0.6) is 0 Å². The van der Waals surface area contributed by atoms with Gasteiger partial charge >= 0.3 is 0 Å². The fourth-order valence-corrected chi connectivity index (χ4v) is 2.14. The lowest BCUT2D eigenvalue weighted by Crippen LogP contribution is -2.37. The van der Waals surface area contributed by atoms with Crippen molar-refractivity contribution >= 4 is 0 Å². The molecular weight excluding hydrogens is 184 g/mol. The van der Waals surface area contributed by atoms with Gasteiger partial charge in [0.2, 0.25) is 0 Å². The van der Waals surface area contributed by atoms with Crippen molar-refractivity contribution in [2.45, 2.75) is 40.0 Å². The lowest BCUT2D eigenvalue weighted by molar-refractivity contribution is 0.214. The topological polar surface area (TPSA) is 15.3 Å². The Morgan fingerprint density at radius 3 is 2.60 bits per heavy atom. The van der Waals surface area contributed by atoms with E-state index >= 15 is 0 Å². The van der Waals surface area contributed by atoms with Crippen molar-refractivity contribution in [1.82, 2.24) is 10.2 Å². The maximum atomic E-state index is 3.49. The molecule has 0 bridgehead atoms. The van der Waals surface area contributed by atoms with Crippen molar-refractivity contribution in [2.24, 2.45) is 11.3 Å². The van der Waals surface area contributed by atoms with Crippen molar-refractivity contribution in [3.63, 3.8) is 0 Å². The molecule has 1 rings (SSSR count). The van der Waals surface area contributed by atoms with Crippen molar-refractivity contribution in [3.8, 4) is 0 Å². The molecule has 1 heterocycles. The normalized spacial score (nSPS) is 23.4. The van der Waals surface area contributed by atoms with Gasteiger partial charge in [-0.2, -0.15) is 0 Å². The van der Waals surface area contributed by atoms with E-state index in [0.29, 0.717) is 5.41 Å². The van der Waals surface area contributed by atoms with Crippen LogP contribution in [0.4, 0.5) is 0 Å². The van der Waals surface area contributed by atoms with Crippen LogP contribution < -0.4 is 5.32 Å². The van der Waals surface area contributed by atoms with E-state index in [2.05, 4.69) is 38.0 Å². The molecule has 15 heavy (non-hydrogen) atoms. The third-order valence-corrected chi connectivity index (χ3v) is 3.21. The summed E-state index contributed by atoms with van der Waals surface area (Å²) in [5.74, 6) is 0.878. The largest absolute Gasteiger partial charge is 0.316 e.